The Morgan fingerprint density at radius 2 is 1.94 bits per heavy atom. The Bertz CT molecular complexity index is 427. The summed E-state index contributed by atoms with van der Waals surface area (Å²) in [4.78, 5) is 0. The van der Waals surface area contributed by atoms with Gasteiger partial charge in [0.2, 0.25) is 0 Å². The fourth-order valence-electron chi connectivity index (χ4n) is 1.86. The lowest BCUT2D eigenvalue weighted by molar-refractivity contribution is 0.235. The minimum atomic E-state index is -0.00824. The zero-order valence-corrected chi connectivity index (χ0v) is 10.7. The molecular formula is C14H17NOS. The van der Waals surface area contributed by atoms with Crippen LogP contribution in [0.3, 0.4) is 0 Å². The van der Waals surface area contributed by atoms with E-state index in [0.717, 1.165) is 5.56 Å². The third-order valence-corrected chi connectivity index (χ3v) is 3.58. The Morgan fingerprint density at radius 1 is 1.18 bits per heavy atom. The van der Waals surface area contributed by atoms with E-state index in [4.69, 9.17) is 0 Å². The molecule has 0 amide bonds. The number of aliphatic hydroxyl groups is 1. The van der Waals surface area contributed by atoms with Gasteiger partial charge in [0, 0.05) is 6.04 Å². The molecule has 1 aromatic carbocycles. The first-order valence-corrected chi connectivity index (χ1v) is 6.69. The van der Waals surface area contributed by atoms with Crippen LogP contribution in [-0.2, 0) is 0 Å². The van der Waals surface area contributed by atoms with Crippen LogP contribution in [0.2, 0.25) is 0 Å². The van der Waals surface area contributed by atoms with Gasteiger partial charge in [0.15, 0.2) is 0 Å². The van der Waals surface area contributed by atoms with Gasteiger partial charge in [-0.2, -0.15) is 11.3 Å². The van der Waals surface area contributed by atoms with Crippen molar-refractivity contribution in [2.45, 2.75) is 19.0 Å². The highest BCUT2D eigenvalue weighted by atomic mass is 32.1. The summed E-state index contributed by atoms with van der Waals surface area (Å²) < 4.78 is 0. The van der Waals surface area contributed by atoms with E-state index in [1.807, 2.05) is 30.3 Å². The molecule has 2 N–H and O–H groups in total. The van der Waals surface area contributed by atoms with E-state index in [1.54, 1.807) is 11.3 Å². The van der Waals surface area contributed by atoms with Crippen LogP contribution >= 0.6 is 11.3 Å². The van der Waals surface area contributed by atoms with Crippen LogP contribution in [0.5, 0.6) is 0 Å². The minimum absolute atomic E-state index is 0.00824. The fraction of sp³-hybridized carbons (Fsp3) is 0.286. The molecule has 0 saturated heterocycles. The average Bonchev–Trinajstić information content (AvgIpc) is 2.90. The Morgan fingerprint density at radius 3 is 2.53 bits per heavy atom. The van der Waals surface area contributed by atoms with Crippen molar-refractivity contribution in [1.29, 1.82) is 0 Å². The average molecular weight is 247 g/mol. The molecule has 1 heterocycles. The van der Waals surface area contributed by atoms with E-state index in [1.165, 1.54) is 5.56 Å². The summed E-state index contributed by atoms with van der Waals surface area (Å²) in [5, 5.41) is 17.1. The molecule has 3 heteroatoms. The summed E-state index contributed by atoms with van der Waals surface area (Å²) in [6, 6.07) is 12.4. The molecule has 0 radical (unpaired) electrons. The molecule has 90 valence electrons. The molecule has 0 spiro atoms. The van der Waals surface area contributed by atoms with E-state index in [9.17, 15) is 5.11 Å². The first kappa shape index (κ1) is 12.3. The summed E-state index contributed by atoms with van der Waals surface area (Å²) in [6.45, 7) is 2.23. The zero-order valence-electron chi connectivity index (χ0n) is 9.84. The van der Waals surface area contributed by atoms with Gasteiger partial charge in [0.05, 0.1) is 12.6 Å². The highest BCUT2D eigenvalue weighted by Gasteiger charge is 2.14. The predicted octanol–water partition coefficient (Wildman–Crippen LogP) is 3.13. The standard InChI is InChI=1S/C14H17NOS/c1-11(13-7-8-17-10-13)15-14(9-16)12-5-3-2-4-6-12/h2-8,10-11,14-16H,9H2,1H3/t11?,14-/m0/s1. The number of hydrogen-bond donors (Lipinski definition) is 2. The SMILES string of the molecule is CC(N[C@@H](CO)c1ccccc1)c1ccsc1. The number of nitrogens with one attached hydrogen (secondary N) is 1. The van der Waals surface area contributed by atoms with Crippen LogP contribution in [-0.4, -0.2) is 11.7 Å². The van der Waals surface area contributed by atoms with Crippen LogP contribution in [0.25, 0.3) is 0 Å². The van der Waals surface area contributed by atoms with E-state index in [2.05, 4.69) is 29.1 Å². The van der Waals surface area contributed by atoms with Crippen molar-refractivity contribution in [2.24, 2.45) is 0 Å². The van der Waals surface area contributed by atoms with Crippen LogP contribution in [0, 0.1) is 0 Å². The molecule has 2 aromatic rings. The summed E-state index contributed by atoms with van der Waals surface area (Å²) in [5.41, 5.74) is 2.39. The predicted molar refractivity (Wildman–Crippen MR) is 72.1 cm³/mol. The number of rotatable bonds is 5. The normalized spacial score (nSPS) is 14.5. The van der Waals surface area contributed by atoms with E-state index >= 15 is 0 Å². The Labute approximate surface area is 106 Å². The van der Waals surface area contributed by atoms with Crippen molar-refractivity contribution >= 4 is 11.3 Å². The molecule has 1 aromatic heterocycles. The molecule has 2 atom stereocenters. The summed E-state index contributed by atoms with van der Waals surface area (Å²) in [7, 11) is 0. The summed E-state index contributed by atoms with van der Waals surface area (Å²) >= 11 is 1.70. The van der Waals surface area contributed by atoms with Gasteiger partial charge in [0.25, 0.3) is 0 Å². The van der Waals surface area contributed by atoms with E-state index in [0.29, 0.717) is 0 Å². The Kier molecular flexibility index (Phi) is 4.31. The molecule has 0 aliphatic rings. The number of benzene rings is 1. The second-order valence-corrected chi connectivity index (χ2v) is 4.87. The lowest BCUT2D eigenvalue weighted by atomic mass is 10.1. The van der Waals surface area contributed by atoms with Gasteiger partial charge in [-0.1, -0.05) is 30.3 Å². The van der Waals surface area contributed by atoms with Crippen molar-refractivity contribution in [3.05, 3.63) is 58.3 Å². The molecule has 2 rings (SSSR count). The van der Waals surface area contributed by atoms with Crippen molar-refractivity contribution in [2.75, 3.05) is 6.61 Å². The zero-order chi connectivity index (χ0) is 12.1. The Balaban J connectivity index is 2.06. The Hall–Kier alpha value is -1.16. The molecular weight excluding hydrogens is 230 g/mol. The number of aliphatic hydroxyl groups excluding tert-OH is 1. The van der Waals surface area contributed by atoms with Gasteiger partial charge in [0.1, 0.15) is 0 Å². The van der Waals surface area contributed by atoms with Crippen LogP contribution in [0.4, 0.5) is 0 Å². The van der Waals surface area contributed by atoms with E-state index < -0.39 is 0 Å². The number of hydrogen-bond acceptors (Lipinski definition) is 3. The molecule has 2 nitrogen and oxygen atoms in total. The molecule has 1 unspecified atom stereocenters. The summed E-state index contributed by atoms with van der Waals surface area (Å²) in [5.74, 6) is 0. The van der Waals surface area contributed by atoms with Gasteiger partial charge in [-0.15, -0.1) is 0 Å². The lowest BCUT2D eigenvalue weighted by Crippen LogP contribution is -2.27. The second-order valence-electron chi connectivity index (χ2n) is 4.09. The summed E-state index contributed by atoms with van der Waals surface area (Å²) in [6.07, 6.45) is 0. The maximum Gasteiger partial charge on any atom is 0.0626 e. The maximum absolute atomic E-state index is 9.47. The molecule has 0 bridgehead atoms. The van der Waals surface area contributed by atoms with Gasteiger partial charge in [-0.3, -0.25) is 0 Å². The van der Waals surface area contributed by atoms with Crippen molar-refractivity contribution in [3.63, 3.8) is 0 Å². The van der Waals surface area contributed by atoms with Crippen molar-refractivity contribution in [1.82, 2.24) is 5.32 Å². The first-order valence-electron chi connectivity index (χ1n) is 5.75. The fourth-order valence-corrected chi connectivity index (χ4v) is 2.61. The first-order chi connectivity index (χ1) is 8.31. The van der Waals surface area contributed by atoms with Crippen LogP contribution < -0.4 is 5.32 Å². The maximum atomic E-state index is 9.47. The van der Waals surface area contributed by atoms with Crippen LogP contribution in [0.15, 0.2) is 47.2 Å². The van der Waals surface area contributed by atoms with Crippen molar-refractivity contribution in [3.8, 4) is 0 Å². The highest BCUT2D eigenvalue weighted by molar-refractivity contribution is 7.07. The molecule has 0 saturated carbocycles. The van der Waals surface area contributed by atoms with Gasteiger partial charge in [-0.25, -0.2) is 0 Å². The van der Waals surface area contributed by atoms with Gasteiger partial charge >= 0.3 is 0 Å². The molecule has 0 fully saturated rings. The quantitative estimate of drug-likeness (QED) is 0.850. The van der Waals surface area contributed by atoms with Crippen molar-refractivity contribution < 1.29 is 5.11 Å². The highest BCUT2D eigenvalue weighted by Crippen LogP contribution is 2.20. The second kappa shape index (κ2) is 5.96. The largest absolute Gasteiger partial charge is 0.394 e. The monoisotopic (exact) mass is 247 g/mol. The third-order valence-electron chi connectivity index (χ3n) is 2.88. The van der Waals surface area contributed by atoms with Crippen LogP contribution in [0.1, 0.15) is 30.1 Å². The van der Waals surface area contributed by atoms with E-state index in [-0.39, 0.29) is 18.7 Å². The molecule has 0 aliphatic heterocycles. The smallest absolute Gasteiger partial charge is 0.0626 e. The van der Waals surface area contributed by atoms with Gasteiger partial charge < -0.3 is 10.4 Å². The lowest BCUT2D eigenvalue weighted by Gasteiger charge is -2.21. The molecule has 0 aliphatic carbocycles. The number of thiophene rings is 1. The topological polar surface area (TPSA) is 32.3 Å². The van der Waals surface area contributed by atoms with Gasteiger partial charge in [-0.05, 0) is 34.9 Å². The third kappa shape index (κ3) is 3.16. The molecule has 17 heavy (non-hydrogen) atoms. The minimum Gasteiger partial charge on any atom is -0.394 e.